The topological polar surface area (TPSA) is 169 Å². The number of fused-ring (bicyclic) bond motifs is 2. The minimum Gasteiger partial charge on any atom is -0.547 e. The Balaban J connectivity index is 0.000000257. The predicted molar refractivity (Wildman–Crippen MR) is 74.6 cm³/mol. The SMILES string of the molecule is COC(=O)C1=C(O)C[C@@H]2CC[C@H]1[NH+]2C.O=C([O-])[C@H](O)[C@@H](O)C(=O)O. The quantitative estimate of drug-likeness (QED) is 0.318. The molecule has 0 spiro atoms. The van der Waals surface area contributed by atoms with Gasteiger partial charge < -0.3 is 40.0 Å². The van der Waals surface area contributed by atoms with Gasteiger partial charge in [0.05, 0.1) is 32.6 Å². The maximum atomic E-state index is 11.5. The number of esters is 1. The Hall–Kier alpha value is -2.17. The summed E-state index contributed by atoms with van der Waals surface area (Å²) in [7, 11) is 3.44. The smallest absolute Gasteiger partial charge is 0.343 e. The highest BCUT2D eigenvalue weighted by Crippen LogP contribution is 2.26. The molecule has 2 heterocycles. The molecule has 0 aromatic heterocycles. The van der Waals surface area contributed by atoms with Crippen molar-refractivity contribution in [3.8, 4) is 0 Å². The van der Waals surface area contributed by atoms with Gasteiger partial charge in [-0.25, -0.2) is 9.59 Å². The molecular weight excluding hydrogens is 326 g/mol. The van der Waals surface area contributed by atoms with Crippen molar-refractivity contribution in [3.63, 3.8) is 0 Å². The third-order valence-electron chi connectivity index (χ3n) is 4.30. The highest BCUT2D eigenvalue weighted by Gasteiger charge is 2.46. The molecule has 0 aliphatic carbocycles. The van der Waals surface area contributed by atoms with E-state index in [1.807, 2.05) is 0 Å². The minimum atomic E-state index is -2.38. The Morgan fingerprint density at radius 1 is 1.25 bits per heavy atom. The van der Waals surface area contributed by atoms with Crippen LogP contribution in [0, 0.1) is 0 Å². The molecule has 0 aromatic carbocycles. The zero-order chi connectivity index (χ0) is 18.6. The van der Waals surface area contributed by atoms with E-state index in [2.05, 4.69) is 11.8 Å². The first-order valence-electron chi connectivity index (χ1n) is 7.25. The van der Waals surface area contributed by atoms with Crippen LogP contribution in [0.4, 0.5) is 0 Å². The molecule has 136 valence electrons. The molecule has 24 heavy (non-hydrogen) atoms. The van der Waals surface area contributed by atoms with Crippen LogP contribution in [0.5, 0.6) is 0 Å². The number of carboxylic acid groups (broad SMARTS) is 2. The van der Waals surface area contributed by atoms with Gasteiger partial charge in [0.25, 0.3) is 0 Å². The molecule has 2 aliphatic rings. The molecule has 1 saturated heterocycles. The van der Waals surface area contributed by atoms with Crippen LogP contribution < -0.4 is 10.0 Å². The van der Waals surface area contributed by atoms with Gasteiger partial charge in [-0.15, -0.1) is 0 Å². The number of methoxy groups -OCH3 is 1. The molecule has 5 N–H and O–H groups in total. The van der Waals surface area contributed by atoms with Gasteiger partial charge in [0.2, 0.25) is 0 Å². The van der Waals surface area contributed by atoms with Gasteiger partial charge in [0.15, 0.2) is 6.10 Å². The maximum Gasteiger partial charge on any atom is 0.343 e. The normalized spacial score (nSPS) is 27.6. The molecule has 1 unspecified atom stereocenters. The van der Waals surface area contributed by atoms with Gasteiger partial charge in [0, 0.05) is 12.8 Å². The molecule has 10 nitrogen and oxygen atoms in total. The van der Waals surface area contributed by atoms with Crippen molar-refractivity contribution in [3.05, 3.63) is 11.3 Å². The van der Waals surface area contributed by atoms with Crippen LogP contribution in [-0.4, -0.2) is 76.8 Å². The van der Waals surface area contributed by atoms with Crippen molar-refractivity contribution in [2.75, 3.05) is 14.2 Å². The molecule has 0 aromatic rings. The van der Waals surface area contributed by atoms with Crippen LogP contribution in [0.2, 0.25) is 0 Å². The Labute approximate surface area is 137 Å². The molecule has 0 amide bonds. The lowest BCUT2D eigenvalue weighted by Gasteiger charge is -2.28. The number of ether oxygens (including phenoxy) is 1. The molecule has 2 rings (SSSR count). The fourth-order valence-corrected chi connectivity index (χ4v) is 2.92. The molecule has 0 radical (unpaired) electrons. The average Bonchev–Trinajstić information content (AvgIpc) is 2.77. The van der Waals surface area contributed by atoms with Crippen molar-refractivity contribution in [1.82, 2.24) is 0 Å². The largest absolute Gasteiger partial charge is 0.547 e. The number of aliphatic carboxylic acids is 2. The molecule has 2 aliphatic heterocycles. The first-order valence-corrected chi connectivity index (χ1v) is 7.25. The summed E-state index contributed by atoms with van der Waals surface area (Å²) in [4.78, 5) is 32.2. The number of rotatable bonds is 4. The summed E-state index contributed by atoms with van der Waals surface area (Å²) in [6.45, 7) is 0. The van der Waals surface area contributed by atoms with E-state index in [4.69, 9.17) is 15.3 Å². The van der Waals surface area contributed by atoms with Crippen molar-refractivity contribution in [2.24, 2.45) is 0 Å². The summed E-state index contributed by atoms with van der Waals surface area (Å²) in [5.74, 6) is -3.95. The zero-order valence-corrected chi connectivity index (χ0v) is 13.3. The van der Waals surface area contributed by atoms with E-state index in [0.717, 1.165) is 12.8 Å². The Morgan fingerprint density at radius 3 is 2.25 bits per heavy atom. The molecule has 10 heteroatoms. The number of aliphatic hydroxyl groups excluding tert-OH is 3. The lowest BCUT2D eigenvalue weighted by molar-refractivity contribution is -0.913. The van der Waals surface area contributed by atoms with E-state index in [1.54, 1.807) is 0 Å². The van der Waals surface area contributed by atoms with Gasteiger partial charge in [-0.1, -0.05) is 0 Å². The van der Waals surface area contributed by atoms with E-state index in [-0.39, 0.29) is 17.8 Å². The minimum absolute atomic E-state index is 0.140. The van der Waals surface area contributed by atoms with Gasteiger partial charge in [0.1, 0.15) is 23.5 Å². The second kappa shape index (κ2) is 8.08. The van der Waals surface area contributed by atoms with Gasteiger partial charge in [-0.05, 0) is 0 Å². The molecule has 0 saturated carbocycles. The highest BCUT2D eigenvalue weighted by molar-refractivity contribution is 5.90. The number of likely N-dealkylation sites (N-methyl/N-ethyl adjacent to an activating group) is 1. The highest BCUT2D eigenvalue weighted by atomic mass is 16.5. The van der Waals surface area contributed by atoms with Crippen LogP contribution in [0.3, 0.4) is 0 Å². The summed E-state index contributed by atoms with van der Waals surface area (Å²) in [6, 6.07) is 0.620. The number of carbonyl (C=O) groups is 3. The number of quaternary nitrogens is 1. The maximum absolute atomic E-state index is 11.5. The van der Waals surface area contributed by atoms with Gasteiger partial charge >= 0.3 is 11.9 Å². The second-order valence-corrected chi connectivity index (χ2v) is 5.67. The van der Waals surface area contributed by atoms with Crippen LogP contribution in [0.25, 0.3) is 0 Å². The van der Waals surface area contributed by atoms with E-state index in [0.29, 0.717) is 18.0 Å². The van der Waals surface area contributed by atoms with Crippen LogP contribution in [0.15, 0.2) is 11.3 Å². The molecular formula is C14H21NO9. The van der Waals surface area contributed by atoms with Gasteiger partial charge in [-0.3, -0.25) is 0 Å². The fraction of sp³-hybridized carbons (Fsp3) is 0.643. The van der Waals surface area contributed by atoms with Crippen molar-refractivity contribution < 1.29 is 49.6 Å². The summed E-state index contributed by atoms with van der Waals surface area (Å²) in [6.07, 6.45) is -2.03. The lowest BCUT2D eigenvalue weighted by atomic mass is 10.0. The standard InChI is InChI=1S/C10H15NO3.C4H6O6/c1-11-6-3-4-7(11)9(8(12)5-6)10(13)14-2;5-1(3(7)8)2(6)4(9)10/h6-7,12H,3-5H2,1-2H3;1-2,5-6H,(H,7,8)(H,9,10)/t6-,7+;1-,2-/m01/s1. The fourth-order valence-electron chi connectivity index (χ4n) is 2.92. The summed E-state index contributed by atoms with van der Waals surface area (Å²) >= 11 is 0. The Bertz CT molecular complexity index is 526. The molecule has 1 fully saturated rings. The van der Waals surface area contributed by atoms with E-state index < -0.39 is 24.1 Å². The van der Waals surface area contributed by atoms with E-state index >= 15 is 0 Å². The third kappa shape index (κ3) is 4.22. The first-order chi connectivity index (χ1) is 11.1. The van der Waals surface area contributed by atoms with Crippen LogP contribution in [-0.2, 0) is 19.1 Å². The third-order valence-corrected chi connectivity index (χ3v) is 4.30. The van der Waals surface area contributed by atoms with Crippen LogP contribution in [0.1, 0.15) is 19.3 Å². The molecule has 5 atom stereocenters. The zero-order valence-electron chi connectivity index (χ0n) is 13.3. The number of nitrogens with one attached hydrogen (secondary N) is 1. The second-order valence-electron chi connectivity index (χ2n) is 5.67. The molecule has 2 bridgehead atoms. The van der Waals surface area contributed by atoms with Crippen molar-refractivity contribution in [2.45, 2.75) is 43.6 Å². The summed E-state index contributed by atoms with van der Waals surface area (Å²) < 4.78 is 4.69. The average molecular weight is 347 g/mol. The van der Waals surface area contributed by atoms with E-state index in [1.165, 1.54) is 12.0 Å². The van der Waals surface area contributed by atoms with Crippen molar-refractivity contribution >= 4 is 17.9 Å². The summed E-state index contributed by atoms with van der Waals surface area (Å²) in [5.41, 5.74) is 0.499. The Kier molecular flexibility index (Phi) is 6.70. The Morgan fingerprint density at radius 2 is 1.83 bits per heavy atom. The first kappa shape index (κ1) is 19.9. The summed E-state index contributed by atoms with van der Waals surface area (Å²) in [5, 5.41) is 43.9. The monoisotopic (exact) mass is 347 g/mol. The number of aliphatic hydroxyl groups is 3. The number of hydrogen-bond acceptors (Lipinski definition) is 8. The number of carbonyl (C=O) groups excluding carboxylic acids is 2. The lowest BCUT2D eigenvalue weighted by Crippen LogP contribution is -3.15. The van der Waals surface area contributed by atoms with E-state index in [9.17, 15) is 24.6 Å². The van der Waals surface area contributed by atoms with Gasteiger partial charge in [-0.2, -0.15) is 0 Å². The predicted octanol–water partition coefficient (Wildman–Crippen LogP) is -4.04. The van der Waals surface area contributed by atoms with Crippen LogP contribution >= 0.6 is 0 Å². The number of carboxylic acids is 2. The van der Waals surface area contributed by atoms with Crippen molar-refractivity contribution in [1.29, 1.82) is 0 Å². The number of hydrogen-bond donors (Lipinski definition) is 5.